The number of pyridine rings is 2. The molecule has 1 aliphatic rings. The van der Waals surface area contributed by atoms with Crippen LogP contribution in [0.1, 0.15) is 29.0 Å². The van der Waals surface area contributed by atoms with Gasteiger partial charge in [0.2, 0.25) is 5.91 Å². The van der Waals surface area contributed by atoms with E-state index in [-0.39, 0.29) is 24.6 Å². The predicted octanol–water partition coefficient (Wildman–Crippen LogP) is 4.34. The van der Waals surface area contributed by atoms with Crippen molar-refractivity contribution in [3.63, 3.8) is 0 Å². The summed E-state index contributed by atoms with van der Waals surface area (Å²) >= 11 is 5.87. The number of benzene rings is 1. The molecule has 0 spiro atoms. The summed E-state index contributed by atoms with van der Waals surface area (Å²) in [6, 6.07) is 21.3. The summed E-state index contributed by atoms with van der Waals surface area (Å²) in [5, 5.41) is 6.98. The first-order valence-corrected chi connectivity index (χ1v) is 12.0. The van der Waals surface area contributed by atoms with Crippen molar-refractivity contribution in [3.8, 4) is 5.82 Å². The average molecular weight is 499 g/mol. The number of thiocarbonyl (C=S) groups is 1. The van der Waals surface area contributed by atoms with Gasteiger partial charge in [0.1, 0.15) is 18.5 Å². The van der Waals surface area contributed by atoms with Gasteiger partial charge in [0.25, 0.3) is 0 Å². The minimum atomic E-state index is -0.201. The minimum Gasteiger partial charge on any atom is -0.375 e. The molecule has 1 fully saturated rings. The number of anilines is 2. The van der Waals surface area contributed by atoms with Crippen molar-refractivity contribution >= 4 is 34.6 Å². The lowest BCUT2D eigenvalue weighted by molar-refractivity contribution is -0.119. The van der Waals surface area contributed by atoms with Gasteiger partial charge in [-0.25, -0.2) is 4.98 Å². The molecule has 2 atom stereocenters. The van der Waals surface area contributed by atoms with Crippen LogP contribution < -0.4 is 15.5 Å². The van der Waals surface area contributed by atoms with Crippen LogP contribution in [0.15, 0.2) is 85.3 Å². The number of nitrogens with zero attached hydrogens (tertiary/aromatic N) is 4. The third kappa shape index (κ3) is 4.58. The molecule has 182 valence electrons. The number of hydrogen-bond acceptors (Lipinski definition) is 5. The maximum absolute atomic E-state index is 12.0. The van der Waals surface area contributed by atoms with Crippen molar-refractivity contribution in [3.05, 3.63) is 102 Å². The number of rotatable bonds is 7. The van der Waals surface area contributed by atoms with Crippen LogP contribution in [0, 0.1) is 6.92 Å². The number of methoxy groups -OCH3 is 1. The lowest BCUT2D eigenvalue weighted by Crippen LogP contribution is -2.30. The Morgan fingerprint density at radius 1 is 1.08 bits per heavy atom. The number of amides is 1. The highest BCUT2D eigenvalue weighted by molar-refractivity contribution is 7.80. The van der Waals surface area contributed by atoms with Crippen molar-refractivity contribution < 1.29 is 9.53 Å². The van der Waals surface area contributed by atoms with E-state index in [1.165, 1.54) is 7.11 Å². The fraction of sp³-hybridized carbons (Fsp3) is 0.185. The Labute approximate surface area is 215 Å². The molecular formula is C27H26N6O2S. The van der Waals surface area contributed by atoms with Crippen molar-refractivity contribution in [2.75, 3.05) is 23.9 Å². The Morgan fingerprint density at radius 3 is 2.58 bits per heavy atom. The third-order valence-corrected chi connectivity index (χ3v) is 6.43. The van der Waals surface area contributed by atoms with Gasteiger partial charge in [-0.1, -0.05) is 12.1 Å². The van der Waals surface area contributed by atoms with Crippen LogP contribution >= 0.6 is 12.2 Å². The average Bonchev–Trinajstić information content (AvgIpc) is 3.51. The fourth-order valence-corrected chi connectivity index (χ4v) is 4.87. The van der Waals surface area contributed by atoms with Crippen LogP contribution in [0.3, 0.4) is 0 Å². The van der Waals surface area contributed by atoms with E-state index >= 15 is 0 Å². The third-order valence-electron chi connectivity index (χ3n) is 6.12. The molecule has 0 unspecified atom stereocenters. The van der Waals surface area contributed by atoms with Gasteiger partial charge >= 0.3 is 0 Å². The summed E-state index contributed by atoms with van der Waals surface area (Å²) in [6.07, 6.45) is 5.58. The maximum atomic E-state index is 12.0. The molecule has 4 aromatic rings. The van der Waals surface area contributed by atoms with Crippen molar-refractivity contribution in [2.45, 2.75) is 19.0 Å². The first kappa shape index (κ1) is 23.7. The zero-order valence-electron chi connectivity index (χ0n) is 20.0. The molecule has 0 radical (unpaired) electrons. The van der Waals surface area contributed by atoms with Gasteiger partial charge in [-0.2, -0.15) is 0 Å². The number of ether oxygens (including phenoxy) is 1. The van der Waals surface area contributed by atoms with E-state index < -0.39 is 0 Å². The molecule has 8 nitrogen and oxygen atoms in total. The Hall–Kier alpha value is -4.08. The number of carbonyl (C=O) groups is 1. The van der Waals surface area contributed by atoms with Crippen molar-refractivity contribution in [1.82, 2.24) is 19.9 Å². The number of aryl methyl sites for hydroxylation is 1. The second-order valence-electron chi connectivity index (χ2n) is 8.47. The van der Waals surface area contributed by atoms with Crippen LogP contribution in [0.4, 0.5) is 11.4 Å². The SMILES string of the molecule is COCC(=O)Nc1ccc(N2C(=S)N[C@H](c3ccccn3)[C@H]2c2cccn2-c2ccccn2)cc1C. The van der Waals surface area contributed by atoms with Gasteiger partial charge in [0.15, 0.2) is 5.11 Å². The zero-order valence-corrected chi connectivity index (χ0v) is 20.8. The van der Waals surface area contributed by atoms with E-state index in [0.29, 0.717) is 5.11 Å². The molecule has 9 heteroatoms. The van der Waals surface area contributed by atoms with Crippen LogP contribution in [0.5, 0.6) is 0 Å². The number of nitrogens with one attached hydrogen (secondary N) is 2. The normalized spacial score (nSPS) is 17.2. The monoisotopic (exact) mass is 498 g/mol. The molecule has 1 saturated heterocycles. The van der Waals surface area contributed by atoms with Gasteiger partial charge in [-0.3, -0.25) is 9.78 Å². The Bertz CT molecular complexity index is 1380. The van der Waals surface area contributed by atoms with Gasteiger partial charge in [-0.05, 0) is 79.3 Å². The van der Waals surface area contributed by atoms with Crippen LogP contribution in [0.2, 0.25) is 0 Å². The fourth-order valence-electron chi connectivity index (χ4n) is 4.53. The summed E-state index contributed by atoms with van der Waals surface area (Å²) in [5.74, 6) is 0.621. The Morgan fingerprint density at radius 2 is 1.89 bits per heavy atom. The lowest BCUT2D eigenvalue weighted by atomic mass is 10.0. The van der Waals surface area contributed by atoms with Gasteiger partial charge in [0, 0.05) is 42.8 Å². The standard InChI is InChI=1S/C27H26N6O2S/c1-18-16-19(11-12-20(18)30-24(34)17-35-2)33-26(25(31-27(33)36)21-8-3-5-13-28-21)22-9-7-15-32(22)23-10-4-6-14-29-23/h3-16,25-26H,17H2,1-2H3,(H,30,34)(H,31,36)/t25-,26-/m1/s1. The Kier molecular flexibility index (Phi) is 6.75. The van der Waals surface area contributed by atoms with Gasteiger partial charge < -0.3 is 24.8 Å². The molecule has 3 aromatic heterocycles. The molecule has 5 rings (SSSR count). The van der Waals surface area contributed by atoms with Crippen LogP contribution in [0.25, 0.3) is 5.82 Å². The topological polar surface area (TPSA) is 84.3 Å². The minimum absolute atomic E-state index is 0.000334. The molecule has 1 amide bonds. The molecule has 4 heterocycles. The number of aromatic nitrogens is 3. The molecule has 0 bridgehead atoms. The zero-order chi connectivity index (χ0) is 25.1. The smallest absolute Gasteiger partial charge is 0.250 e. The van der Waals surface area contributed by atoms with E-state index in [4.69, 9.17) is 17.0 Å². The molecule has 2 N–H and O–H groups in total. The highest BCUT2D eigenvalue weighted by Crippen LogP contribution is 2.42. The van der Waals surface area contributed by atoms with E-state index in [9.17, 15) is 4.79 Å². The summed E-state index contributed by atoms with van der Waals surface area (Å²) in [4.78, 5) is 23.3. The van der Waals surface area contributed by atoms with E-state index in [2.05, 4.69) is 36.1 Å². The van der Waals surface area contributed by atoms with E-state index in [1.807, 2.05) is 73.8 Å². The Balaban J connectivity index is 1.58. The quantitative estimate of drug-likeness (QED) is 0.367. The van der Waals surface area contributed by atoms with E-state index in [1.54, 1.807) is 12.4 Å². The lowest BCUT2D eigenvalue weighted by Gasteiger charge is -2.29. The first-order chi connectivity index (χ1) is 17.6. The molecule has 36 heavy (non-hydrogen) atoms. The summed E-state index contributed by atoms with van der Waals surface area (Å²) in [5.41, 5.74) is 4.47. The van der Waals surface area contributed by atoms with Gasteiger partial charge in [-0.15, -0.1) is 0 Å². The van der Waals surface area contributed by atoms with Crippen LogP contribution in [-0.2, 0) is 9.53 Å². The molecule has 1 aliphatic heterocycles. The largest absolute Gasteiger partial charge is 0.375 e. The summed E-state index contributed by atoms with van der Waals surface area (Å²) in [6.45, 7) is 1.96. The number of hydrogen-bond donors (Lipinski definition) is 2. The van der Waals surface area contributed by atoms with Crippen LogP contribution in [-0.4, -0.2) is 39.3 Å². The highest BCUT2D eigenvalue weighted by Gasteiger charge is 2.42. The summed E-state index contributed by atoms with van der Waals surface area (Å²) in [7, 11) is 1.50. The predicted molar refractivity (Wildman–Crippen MR) is 143 cm³/mol. The summed E-state index contributed by atoms with van der Waals surface area (Å²) < 4.78 is 7.01. The number of carbonyl (C=O) groups excluding carboxylic acids is 1. The van der Waals surface area contributed by atoms with E-state index in [0.717, 1.165) is 34.1 Å². The maximum Gasteiger partial charge on any atom is 0.250 e. The molecular weight excluding hydrogens is 472 g/mol. The highest BCUT2D eigenvalue weighted by atomic mass is 32.1. The second-order valence-corrected chi connectivity index (χ2v) is 8.85. The first-order valence-electron chi connectivity index (χ1n) is 11.6. The van der Waals surface area contributed by atoms with Crippen molar-refractivity contribution in [1.29, 1.82) is 0 Å². The second kappa shape index (κ2) is 10.3. The van der Waals surface area contributed by atoms with Crippen molar-refractivity contribution in [2.24, 2.45) is 0 Å². The van der Waals surface area contributed by atoms with Gasteiger partial charge in [0.05, 0.1) is 11.7 Å². The molecule has 0 saturated carbocycles. The molecule has 0 aliphatic carbocycles. The molecule has 1 aromatic carbocycles.